The van der Waals surface area contributed by atoms with E-state index in [2.05, 4.69) is 22.0 Å². The Morgan fingerprint density at radius 2 is 1.75 bits per heavy atom. The molecule has 5 aliphatic heterocycles. The normalized spacial score (nSPS) is 47.1. The number of hydrogen-bond acceptors (Lipinski definition) is 3. The minimum absolute atomic E-state index is 0.833. The molecule has 3 atom stereocenters. The molecule has 0 spiro atoms. The van der Waals surface area contributed by atoms with Gasteiger partial charge in [0.15, 0.2) is 0 Å². The molecular weight excluding hydrogens is 246 g/mol. The maximum atomic E-state index is 3.82. The lowest BCUT2D eigenvalue weighted by Gasteiger charge is -2.52. The van der Waals surface area contributed by atoms with Gasteiger partial charge in [-0.05, 0) is 70.5 Å². The van der Waals surface area contributed by atoms with E-state index in [1.807, 2.05) is 0 Å². The molecule has 0 saturated carbocycles. The first-order valence-electron chi connectivity index (χ1n) is 9.07. The minimum Gasteiger partial charge on any atom is -0.311 e. The van der Waals surface area contributed by atoms with Crippen molar-refractivity contribution in [3.05, 3.63) is 0 Å². The summed E-state index contributed by atoms with van der Waals surface area (Å²) in [5.41, 5.74) is 0. The molecule has 4 bridgehead atoms. The van der Waals surface area contributed by atoms with Gasteiger partial charge in [0, 0.05) is 30.7 Å². The van der Waals surface area contributed by atoms with Crippen molar-refractivity contribution < 1.29 is 0 Å². The zero-order valence-electron chi connectivity index (χ0n) is 13.1. The van der Waals surface area contributed by atoms with Crippen molar-refractivity contribution >= 4 is 0 Å². The molecule has 0 aromatic heterocycles. The van der Waals surface area contributed by atoms with Crippen LogP contribution >= 0.6 is 0 Å². The van der Waals surface area contributed by atoms with Gasteiger partial charge in [-0.1, -0.05) is 6.92 Å². The van der Waals surface area contributed by atoms with Gasteiger partial charge in [-0.25, -0.2) is 0 Å². The van der Waals surface area contributed by atoms with Crippen LogP contribution in [0.5, 0.6) is 0 Å². The van der Waals surface area contributed by atoms with Crippen LogP contribution in [-0.2, 0) is 0 Å². The predicted octanol–water partition coefficient (Wildman–Crippen LogP) is 2.08. The van der Waals surface area contributed by atoms with Crippen molar-refractivity contribution in [2.75, 3.05) is 26.2 Å². The Morgan fingerprint density at radius 3 is 2.30 bits per heavy atom. The third-order valence-corrected chi connectivity index (χ3v) is 6.45. The molecule has 0 aromatic carbocycles. The van der Waals surface area contributed by atoms with Crippen molar-refractivity contribution in [2.45, 2.75) is 76.0 Å². The lowest BCUT2D eigenvalue weighted by Crippen LogP contribution is -2.61. The first-order valence-corrected chi connectivity index (χ1v) is 9.07. The number of piperidine rings is 4. The van der Waals surface area contributed by atoms with E-state index in [0.717, 1.165) is 30.1 Å². The summed E-state index contributed by atoms with van der Waals surface area (Å²) in [6.07, 6.45) is 9.94. The Balaban J connectivity index is 1.49. The molecule has 0 aliphatic carbocycles. The summed E-state index contributed by atoms with van der Waals surface area (Å²) in [7, 11) is 0. The summed E-state index contributed by atoms with van der Waals surface area (Å²) < 4.78 is 0. The maximum absolute atomic E-state index is 3.82. The Morgan fingerprint density at radius 1 is 1.05 bits per heavy atom. The van der Waals surface area contributed by atoms with Crippen molar-refractivity contribution in [2.24, 2.45) is 5.92 Å². The van der Waals surface area contributed by atoms with Crippen LogP contribution in [0, 0.1) is 5.92 Å². The van der Waals surface area contributed by atoms with Crippen LogP contribution in [0.3, 0.4) is 0 Å². The van der Waals surface area contributed by atoms with Crippen LogP contribution in [-0.4, -0.2) is 60.1 Å². The fourth-order valence-electron chi connectivity index (χ4n) is 5.48. The summed E-state index contributed by atoms with van der Waals surface area (Å²) in [6.45, 7) is 7.81. The summed E-state index contributed by atoms with van der Waals surface area (Å²) in [5.74, 6) is 0.999. The van der Waals surface area contributed by atoms with Gasteiger partial charge in [0.05, 0.1) is 0 Å². The molecule has 0 radical (unpaired) electrons. The SMILES string of the molecule is CCCN(C1CC2CCC(C1)N2)C1CN2CCC1CC2. The van der Waals surface area contributed by atoms with E-state index < -0.39 is 0 Å². The van der Waals surface area contributed by atoms with Crippen molar-refractivity contribution in [3.8, 4) is 0 Å². The number of hydrogen-bond donors (Lipinski definition) is 1. The van der Waals surface area contributed by atoms with Crippen LogP contribution in [0.2, 0.25) is 0 Å². The molecule has 5 rings (SSSR count). The maximum Gasteiger partial charge on any atom is 0.0255 e. The number of nitrogens with one attached hydrogen (secondary N) is 1. The van der Waals surface area contributed by atoms with E-state index in [1.54, 1.807) is 0 Å². The summed E-state index contributed by atoms with van der Waals surface area (Å²) in [6, 6.07) is 3.41. The quantitative estimate of drug-likeness (QED) is 0.849. The number of nitrogens with zero attached hydrogens (tertiary/aromatic N) is 2. The Hall–Kier alpha value is -0.120. The highest BCUT2D eigenvalue weighted by molar-refractivity contribution is 5.00. The van der Waals surface area contributed by atoms with E-state index in [9.17, 15) is 0 Å². The van der Waals surface area contributed by atoms with Crippen molar-refractivity contribution in [1.29, 1.82) is 0 Å². The predicted molar refractivity (Wildman–Crippen MR) is 82.9 cm³/mol. The van der Waals surface area contributed by atoms with E-state index in [4.69, 9.17) is 0 Å². The van der Waals surface area contributed by atoms with Crippen LogP contribution in [0.1, 0.15) is 51.9 Å². The average Bonchev–Trinajstić information content (AvgIpc) is 2.84. The Bertz CT molecular complexity index is 325. The van der Waals surface area contributed by atoms with Gasteiger partial charge in [-0.3, -0.25) is 4.90 Å². The molecule has 20 heavy (non-hydrogen) atoms. The smallest absolute Gasteiger partial charge is 0.0255 e. The van der Waals surface area contributed by atoms with E-state index in [0.29, 0.717) is 0 Å². The molecule has 5 aliphatic rings. The highest BCUT2D eigenvalue weighted by Gasteiger charge is 2.42. The zero-order valence-corrected chi connectivity index (χ0v) is 13.1. The summed E-state index contributed by atoms with van der Waals surface area (Å²) >= 11 is 0. The van der Waals surface area contributed by atoms with E-state index >= 15 is 0 Å². The first-order chi connectivity index (χ1) is 9.83. The van der Waals surface area contributed by atoms with Crippen LogP contribution in [0.4, 0.5) is 0 Å². The van der Waals surface area contributed by atoms with Gasteiger partial charge in [0.25, 0.3) is 0 Å². The summed E-state index contributed by atoms with van der Waals surface area (Å²) in [5, 5.41) is 3.82. The topological polar surface area (TPSA) is 18.5 Å². The molecule has 5 saturated heterocycles. The molecule has 3 nitrogen and oxygen atoms in total. The molecule has 0 aromatic rings. The van der Waals surface area contributed by atoms with Crippen molar-refractivity contribution in [3.63, 3.8) is 0 Å². The third kappa shape index (κ3) is 2.42. The zero-order chi connectivity index (χ0) is 13.5. The molecule has 5 heterocycles. The number of fused-ring (bicyclic) bond motifs is 5. The molecule has 3 unspecified atom stereocenters. The Labute approximate surface area is 124 Å². The van der Waals surface area contributed by atoms with E-state index in [1.165, 1.54) is 71.1 Å². The largest absolute Gasteiger partial charge is 0.311 e. The Kier molecular flexibility index (Phi) is 3.78. The molecular formula is C17H31N3. The monoisotopic (exact) mass is 277 g/mol. The van der Waals surface area contributed by atoms with Crippen LogP contribution in [0.25, 0.3) is 0 Å². The van der Waals surface area contributed by atoms with Crippen molar-refractivity contribution in [1.82, 2.24) is 15.1 Å². The highest BCUT2D eigenvalue weighted by atomic mass is 15.3. The fourth-order valence-corrected chi connectivity index (χ4v) is 5.48. The van der Waals surface area contributed by atoms with Gasteiger partial charge < -0.3 is 10.2 Å². The third-order valence-electron chi connectivity index (χ3n) is 6.45. The van der Waals surface area contributed by atoms with Gasteiger partial charge in [-0.15, -0.1) is 0 Å². The number of rotatable bonds is 4. The van der Waals surface area contributed by atoms with E-state index in [-0.39, 0.29) is 0 Å². The standard InChI is InChI=1S/C17H31N3/c1-2-7-20(16-10-14-3-4-15(11-16)18-14)17-12-19-8-5-13(17)6-9-19/h13-18H,2-12H2,1H3. The second kappa shape index (κ2) is 5.58. The second-order valence-electron chi connectivity index (χ2n) is 7.71. The van der Waals surface area contributed by atoms with Gasteiger partial charge in [-0.2, -0.15) is 0 Å². The highest BCUT2D eigenvalue weighted by Crippen LogP contribution is 2.36. The molecule has 114 valence electrons. The van der Waals surface area contributed by atoms with Gasteiger partial charge in [0.1, 0.15) is 0 Å². The van der Waals surface area contributed by atoms with Gasteiger partial charge in [0.2, 0.25) is 0 Å². The summed E-state index contributed by atoms with van der Waals surface area (Å²) in [4.78, 5) is 5.69. The molecule has 1 N–H and O–H groups in total. The lowest BCUT2D eigenvalue weighted by molar-refractivity contribution is -0.0241. The fraction of sp³-hybridized carbons (Fsp3) is 1.00. The molecule has 3 heteroatoms. The second-order valence-corrected chi connectivity index (χ2v) is 7.71. The van der Waals surface area contributed by atoms with Gasteiger partial charge >= 0.3 is 0 Å². The lowest BCUT2D eigenvalue weighted by atomic mass is 9.81. The average molecular weight is 277 g/mol. The first kappa shape index (κ1) is 13.5. The molecule has 5 fully saturated rings. The van der Waals surface area contributed by atoms with Crippen LogP contribution in [0.15, 0.2) is 0 Å². The van der Waals surface area contributed by atoms with Crippen LogP contribution < -0.4 is 5.32 Å². The molecule has 0 amide bonds. The minimum atomic E-state index is 0.833.